The lowest BCUT2D eigenvalue weighted by Crippen LogP contribution is -2.27. The van der Waals surface area contributed by atoms with Gasteiger partial charge in [0.2, 0.25) is 0 Å². The number of hydrogen-bond acceptors (Lipinski definition) is 5. The van der Waals surface area contributed by atoms with Crippen molar-refractivity contribution in [1.82, 2.24) is 4.90 Å². The predicted molar refractivity (Wildman–Crippen MR) is 90.4 cm³/mol. The summed E-state index contributed by atoms with van der Waals surface area (Å²) in [6.45, 7) is 0.354. The molecule has 1 amide bonds. The van der Waals surface area contributed by atoms with Gasteiger partial charge in [-0.15, -0.1) is 0 Å². The largest absolute Gasteiger partial charge is 0.497 e. The zero-order valence-electron chi connectivity index (χ0n) is 11.8. The van der Waals surface area contributed by atoms with E-state index in [2.05, 4.69) is 0 Å². The maximum absolute atomic E-state index is 12.5. The average Bonchev–Trinajstić information content (AvgIpc) is 3.12. The minimum absolute atomic E-state index is 0.103. The third-order valence-electron chi connectivity index (χ3n) is 3.16. The number of thiocarbonyl (C=S) groups is 1. The van der Waals surface area contributed by atoms with Gasteiger partial charge in [0.1, 0.15) is 15.8 Å². The summed E-state index contributed by atoms with van der Waals surface area (Å²) in [6, 6.07) is 11.2. The standard InChI is InChI=1S/C16H13NO3S2/c1-19-12-5-2-4-11(8-12)9-14-15(18)17(16(21)22-14)10-13-6-3-7-20-13/h2-9H,10H2,1H3. The minimum atomic E-state index is -0.103. The molecule has 3 rings (SSSR count). The second-order valence-electron chi connectivity index (χ2n) is 4.62. The van der Waals surface area contributed by atoms with Gasteiger partial charge < -0.3 is 9.15 Å². The smallest absolute Gasteiger partial charge is 0.266 e. The highest BCUT2D eigenvalue weighted by atomic mass is 32.2. The monoisotopic (exact) mass is 331 g/mol. The summed E-state index contributed by atoms with van der Waals surface area (Å²) in [5, 5.41) is 0. The summed E-state index contributed by atoms with van der Waals surface area (Å²) in [4.78, 5) is 14.6. The van der Waals surface area contributed by atoms with Crippen molar-refractivity contribution in [1.29, 1.82) is 0 Å². The van der Waals surface area contributed by atoms with Gasteiger partial charge in [-0.1, -0.05) is 36.1 Å². The van der Waals surface area contributed by atoms with Crippen LogP contribution >= 0.6 is 24.0 Å². The first-order valence-corrected chi connectivity index (χ1v) is 7.81. The normalized spacial score (nSPS) is 16.6. The molecule has 1 aromatic carbocycles. The highest BCUT2D eigenvalue weighted by Gasteiger charge is 2.32. The summed E-state index contributed by atoms with van der Waals surface area (Å²) < 4.78 is 11.0. The van der Waals surface area contributed by atoms with Crippen molar-refractivity contribution < 1.29 is 13.9 Å². The van der Waals surface area contributed by atoms with Crippen molar-refractivity contribution in [3.8, 4) is 5.75 Å². The van der Waals surface area contributed by atoms with Crippen molar-refractivity contribution in [3.05, 3.63) is 58.9 Å². The van der Waals surface area contributed by atoms with Crippen LogP contribution in [-0.2, 0) is 11.3 Å². The zero-order chi connectivity index (χ0) is 15.5. The van der Waals surface area contributed by atoms with Crippen LogP contribution in [0.5, 0.6) is 5.75 Å². The quantitative estimate of drug-likeness (QED) is 0.631. The first-order valence-electron chi connectivity index (χ1n) is 6.59. The number of carbonyl (C=O) groups is 1. The van der Waals surface area contributed by atoms with Gasteiger partial charge in [-0.05, 0) is 35.9 Å². The topological polar surface area (TPSA) is 42.7 Å². The van der Waals surface area contributed by atoms with E-state index in [0.717, 1.165) is 11.3 Å². The molecule has 1 aliphatic rings. The van der Waals surface area contributed by atoms with Gasteiger partial charge in [0.25, 0.3) is 5.91 Å². The maximum atomic E-state index is 12.5. The molecule has 1 fully saturated rings. The van der Waals surface area contributed by atoms with Crippen molar-refractivity contribution in [3.63, 3.8) is 0 Å². The van der Waals surface area contributed by atoms with Crippen LogP contribution in [0.3, 0.4) is 0 Å². The molecule has 0 saturated carbocycles. The van der Waals surface area contributed by atoms with E-state index in [0.29, 0.717) is 21.5 Å². The molecule has 1 aliphatic heterocycles. The highest BCUT2D eigenvalue weighted by molar-refractivity contribution is 8.26. The number of methoxy groups -OCH3 is 1. The number of thioether (sulfide) groups is 1. The molecule has 0 atom stereocenters. The molecule has 2 aromatic rings. The van der Waals surface area contributed by atoms with Crippen LogP contribution in [0.1, 0.15) is 11.3 Å². The number of hydrogen-bond donors (Lipinski definition) is 0. The van der Waals surface area contributed by atoms with Gasteiger partial charge in [0, 0.05) is 0 Å². The summed E-state index contributed by atoms with van der Waals surface area (Å²) in [7, 11) is 1.61. The highest BCUT2D eigenvalue weighted by Crippen LogP contribution is 2.34. The molecule has 22 heavy (non-hydrogen) atoms. The van der Waals surface area contributed by atoms with Gasteiger partial charge in [-0.25, -0.2) is 0 Å². The number of amides is 1. The van der Waals surface area contributed by atoms with Crippen LogP contribution in [0, 0.1) is 0 Å². The Morgan fingerprint density at radius 3 is 2.95 bits per heavy atom. The molecule has 112 valence electrons. The van der Waals surface area contributed by atoms with Crippen molar-refractivity contribution in [2.45, 2.75) is 6.54 Å². The van der Waals surface area contributed by atoms with E-state index in [1.54, 1.807) is 24.3 Å². The third-order valence-corrected chi connectivity index (χ3v) is 4.54. The minimum Gasteiger partial charge on any atom is -0.497 e. The first kappa shape index (κ1) is 14.9. The molecule has 0 unspecified atom stereocenters. The van der Waals surface area contributed by atoms with E-state index in [1.807, 2.05) is 36.4 Å². The molecule has 0 aliphatic carbocycles. The Morgan fingerprint density at radius 2 is 2.23 bits per heavy atom. The first-order chi connectivity index (χ1) is 10.7. The Morgan fingerprint density at radius 1 is 1.36 bits per heavy atom. The molecule has 4 nitrogen and oxygen atoms in total. The van der Waals surface area contributed by atoms with Crippen LogP contribution in [-0.4, -0.2) is 22.2 Å². The number of nitrogens with zero attached hydrogens (tertiary/aromatic N) is 1. The summed E-state index contributed by atoms with van der Waals surface area (Å²) in [6.07, 6.45) is 3.41. The lowest BCUT2D eigenvalue weighted by molar-refractivity contribution is -0.122. The van der Waals surface area contributed by atoms with E-state index >= 15 is 0 Å². The van der Waals surface area contributed by atoms with Crippen LogP contribution in [0.15, 0.2) is 52.0 Å². The third kappa shape index (κ3) is 3.08. The molecular formula is C16H13NO3S2. The van der Waals surface area contributed by atoms with Gasteiger partial charge >= 0.3 is 0 Å². The zero-order valence-corrected chi connectivity index (χ0v) is 13.4. The van der Waals surface area contributed by atoms with Crippen molar-refractivity contribution in [2.75, 3.05) is 7.11 Å². The van der Waals surface area contributed by atoms with Gasteiger partial charge in [-0.2, -0.15) is 0 Å². The SMILES string of the molecule is COc1cccc(C=C2SC(=S)N(Cc3ccco3)C2=O)c1. The van der Waals surface area contributed by atoms with E-state index in [-0.39, 0.29) is 5.91 Å². The van der Waals surface area contributed by atoms with Crippen molar-refractivity contribution >= 4 is 40.3 Å². The molecule has 0 spiro atoms. The second kappa shape index (κ2) is 6.37. The summed E-state index contributed by atoms with van der Waals surface area (Å²) >= 11 is 6.59. The Balaban J connectivity index is 1.82. The molecule has 0 N–H and O–H groups in total. The molecular weight excluding hydrogens is 318 g/mol. The summed E-state index contributed by atoms with van der Waals surface area (Å²) in [5.74, 6) is 1.35. The number of benzene rings is 1. The molecule has 1 aromatic heterocycles. The van der Waals surface area contributed by atoms with Gasteiger partial charge in [-0.3, -0.25) is 9.69 Å². The fourth-order valence-electron chi connectivity index (χ4n) is 2.08. The summed E-state index contributed by atoms with van der Waals surface area (Å²) in [5.41, 5.74) is 0.901. The molecule has 1 saturated heterocycles. The number of rotatable bonds is 4. The van der Waals surface area contributed by atoms with Crippen LogP contribution in [0.25, 0.3) is 6.08 Å². The van der Waals surface area contributed by atoms with Gasteiger partial charge in [0.05, 0.1) is 24.8 Å². The number of furan rings is 1. The van der Waals surface area contributed by atoms with E-state index in [1.165, 1.54) is 11.8 Å². The fourth-order valence-corrected chi connectivity index (χ4v) is 3.33. The van der Waals surface area contributed by atoms with Crippen molar-refractivity contribution in [2.24, 2.45) is 0 Å². The molecule has 2 heterocycles. The lowest BCUT2D eigenvalue weighted by Gasteiger charge is -2.11. The van der Waals surface area contributed by atoms with E-state index in [9.17, 15) is 4.79 Å². The molecule has 0 radical (unpaired) electrons. The molecule has 6 heteroatoms. The van der Waals surface area contributed by atoms with Crippen LogP contribution in [0.4, 0.5) is 0 Å². The number of ether oxygens (including phenoxy) is 1. The predicted octanol–water partition coefficient (Wildman–Crippen LogP) is 3.69. The lowest BCUT2D eigenvalue weighted by atomic mass is 10.2. The maximum Gasteiger partial charge on any atom is 0.266 e. The Hall–Kier alpha value is -2.05. The Labute approximate surface area is 137 Å². The van der Waals surface area contributed by atoms with E-state index in [4.69, 9.17) is 21.4 Å². The van der Waals surface area contributed by atoms with E-state index < -0.39 is 0 Å². The van der Waals surface area contributed by atoms with Crippen LogP contribution < -0.4 is 4.74 Å². The Kier molecular flexibility index (Phi) is 4.31. The molecule has 0 bridgehead atoms. The fraction of sp³-hybridized carbons (Fsp3) is 0.125. The van der Waals surface area contributed by atoms with Crippen LogP contribution in [0.2, 0.25) is 0 Å². The second-order valence-corrected chi connectivity index (χ2v) is 6.30. The number of carbonyl (C=O) groups excluding carboxylic acids is 1. The average molecular weight is 331 g/mol. The Bertz CT molecular complexity index is 738. The van der Waals surface area contributed by atoms with Gasteiger partial charge in [0.15, 0.2) is 0 Å².